The average molecular weight is 513 g/mol. The molecule has 1 aliphatic heterocycles. The Bertz CT molecular complexity index is 1530. The highest BCUT2D eigenvalue weighted by Gasteiger charge is 2.48. The maximum atomic E-state index is 13.5. The number of ether oxygens (including phenoxy) is 1. The molecule has 2 heterocycles. The molecule has 1 amide bonds. The summed E-state index contributed by atoms with van der Waals surface area (Å²) in [4.78, 5) is 33.1. The van der Waals surface area contributed by atoms with Crippen LogP contribution >= 0.6 is 11.3 Å². The number of amides is 1. The SMILES string of the molecule is COc1ccc(/C(O)=C2\C(=O)C(=O)N(c3nc4ccccc4s3)C2c2ccc(C(C)(C)C)cc2)c(C)c1. The lowest BCUT2D eigenvalue weighted by Crippen LogP contribution is -2.29. The summed E-state index contributed by atoms with van der Waals surface area (Å²) in [5, 5.41) is 11.9. The van der Waals surface area contributed by atoms with Gasteiger partial charge in [0.2, 0.25) is 0 Å². The number of aromatic nitrogens is 1. The topological polar surface area (TPSA) is 79.7 Å². The van der Waals surface area contributed by atoms with E-state index in [1.807, 2.05) is 55.5 Å². The van der Waals surface area contributed by atoms with Gasteiger partial charge in [0.1, 0.15) is 11.5 Å². The maximum Gasteiger partial charge on any atom is 0.301 e. The van der Waals surface area contributed by atoms with E-state index in [2.05, 4.69) is 25.8 Å². The number of methoxy groups -OCH3 is 1. The number of aliphatic hydroxyl groups is 1. The minimum Gasteiger partial charge on any atom is -0.507 e. The molecule has 0 radical (unpaired) electrons. The molecule has 37 heavy (non-hydrogen) atoms. The Morgan fingerprint density at radius 3 is 2.35 bits per heavy atom. The largest absolute Gasteiger partial charge is 0.507 e. The maximum absolute atomic E-state index is 13.5. The smallest absolute Gasteiger partial charge is 0.301 e. The van der Waals surface area contributed by atoms with Crippen LogP contribution in [0.3, 0.4) is 0 Å². The molecule has 0 saturated carbocycles. The summed E-state index contributed by atoms with van der Waals surface area (Å²) in [6.07, 6.45) is 0. The van der Waals surface area contributed by atoms with Gasteiger partial charge < -0.3 is 9.84 Å². The van der Waals surface area contributed by atoms with Crippen LogP contribution in [0.1, 0.15) is 49.1 Å². The van der Waals surface area contributed by atoms with Crippen molar-refractivity contribution in [2.45, 2.75) is 39.2 Å². The third-order valence-electron chi connectivity index (χ3n) is 6.71. The fraction of sp³-hybridized carbons (Fsp3) is 0.233. The number of hydrogen-bond donors (Lipinski definition) is 1. The van der Waals surface area contributed by atoms with Crippen LogP contribution in [0.2, 0.25) is 0 Å². The first kappa shape index (κ1) is 24.7. The Hall–Kier alpha value is -3.97. The third kappa shape index (κ3) is 4.29. The molecule has 3 aromatic carbocycles. The van der Waals surface area contributed by atoms with Crippen molar-refractivity contribution in [3.05, 3.63) is 94.6 Å². The number of fused-ring (bicyclic) bond motifs is 1. The Morgan fingerprint density at radius 2 is 1.73 bits per heavy atom. The lowest BCUT2D eigenvalue weighted by Gasteiger charge is -2.25. The lowest BCUT2D eigenvalue weighted by atomic mass is 9.85. The first-order chi connectivity index (χ1) is 17.6. The Labute approximate surface area is 219 Å². The molecular weight excluding hydrogens is 484 g/mol. The zero-order valence-electron chi connectivity index (χ0n) is 21.4. The van der Waals surface area contributed by atoms with E-state index in [4.69, 9.17) is 4.74 Å². The van der Waals surface area contributed by atoms with Crippen molar-refractivity contribution in [2.24, 2.45) is 0 Å². The predicted molar refractivity (Wildman–Crippen MR) is 147 cm³/mol. The summed E-state index contributed by atoms with van der Waals surface area (Å²) in [5.41, 5.74) is 3.77. The molecule has 4 aromatic rings. The predicted octanol–water partition coefficient (Wildman–Crippen LogP) is 6.54. The van der Waals surface area contributed by atoms with Crippen molar-refractivity contribution in [3.8, 4) is 5.75 Å². The molecule has 6 nitrogen and oxygen atoms in total. The number of aryl methyl sites for hydroxylation is 1. The van der Waals surface area contributed by atoms with Gasteiger partial charge in [-0.15, -0.1) is 0 Å². The second-order valence-corrected chi connectivity index (χ2v) is 11.2. The number of aliphatic hydroxyl groups excluding tert-OH is 1. The van der Waals surface area contributed by atoms with E-state index >= 15 is 0 Å². The first-order valence-corrected chi connectivity index (χ1v) is 12.8. The van der Waals surface area contributed by atoms with Crippen molar-refractivity contribution in [1.82, 2.24) is 4.98 Å². The first-order valence-electron chi connectivity index (χ1n) is 12.0. The second-order valence-electron chi connectivity index (χ2n) is 10.2. The van der Waals surface area contributed by atoms with Crippen LogP contribution < -0.4 is 9.64 Å². The van der Waals surface area contributed by atoms with Crippen molar-refractivity contribution in [1.29, 1.82) is 0 Å². The van der Waals surface area contributed by atoms with Crippen LogP contribution in [-0.2, 0) is 15.0 Å². The van der Waals surface area contributed by atoms with Crippen molar-refractivity contribution < 1.29 is 19.4 Å². The summed E-state index contributed by atoms with van der Waals surface area (Å²) in [6.45, 7) is 8.21. The van der Waals surface area contributed by atoms with Gasteiger partial charge in [0.15, 0.2) is 5.13 Å². The number of hydrogen-bond acceptors (Lipinski definition) is 6. The van der Waals surface area contributed by atoms with E-state index in [-0.39, 0.29) is 16.7 Å². The molecule has 1 aromatic heterocycles. The van der Waals surface area contributed by atoms with Crippen LogP contribution in [0, 0.1) is 6.92 Å². The number of benzene rings is 3. The number of carbonyl (C=O) groups excluding carboxylic acids is 2. The van der Waals surface area contributed by atoms with Gasteiger partial charge in [0, 0.05) is 5.56 Å². The Balaban J connectivity index is 1.72. The molecule has 1 N–H and O–H groups in total. The molecule has 1 aliphatic rings. The van der Waals surface area contributed by atoms with Gasteiger partial charge >= 0.3 is 5.91 Å². The zero-order valence-corrected chi connectivity index (χ0v) is 22.2. The molecule has 0 bridgehead atoms. The van der Waals surface area contributed by atoms with E-state index in [1.165, 1.54) is 16.2 Å². The quantitative estimate of drug-likeness (QED) is 0.191. The summed E-state index contributed by atoms with van der Waals surface area (Å²) in [7, 11) is 1.57. The number of carbonyl (C=O) groups is 2. The van der Waals surface area contributed by atoms with Crippen molar-refractivity contribution >= 4 is 44.1 Å². The summed E-state index contributed by atoms with van der Waals surface area (Å²) < 4.78 is 6.20. The zero-order chi connectivity index (χ0) is 26.5. The number of thiazole rings is 1. The molecule has 0 aliphatic carbocycles. The fourth-order valence-corrected chi connectivity index (χ4v) is 5.64. The van der Waals surface area contributed by atoms with E-state index in [0.717, 1.165) is 26.9 Å². The number of ketones is 1. The van der Waals surface area contributed by atoms with Crippen molar-refractivity contribution in [3.63, 3.8) is 0 Å². The molecule has 1 atom stereocenters. The van der Waals surface area contributed by atoms with Gasteiger partial charge in [-0.05, 0) is 59.4 Å². The van der Waals surface area contributed by atoms with Gasteiger partial charge in [-0.25, -0.2) is 4.98 Å². The number of Topliss-reactive ketones (excluding diaryl/α,β-unsaturated/α-hetero) is 1. The van der Waals surface area contributed by atoms with Crippen molar-refractivity contribution in [2.75, 3.05) is 12.0 Å². The molecular formula is C30H28N2O4S. The molecule has 5 rings (SSSR count). The Morgan fingerprint density at radius 1 is 1.03 bits per heavy atom. The van der Waals surface area contributed by atoms with Crippen LogP contribution in [0.5, 0.6) is 5.75 Å². The highest BCUT2D eigenvalue weighted by molar-refractivity contribution is 7.22. The molecule has 1 unspecified atom stereocenters. The van der Waals surface area contributed by atoms with Crippen LogP contribution in [0.25, 0.3) is 16.0 Å². The molecule has 188 valence electrons. The summed E-state index contributed by atoms with van der Waals surface area (Å²) >= 11 is 1.34. The van der Waals surface area contributed by atoms with Gasteiger partial charge in [-0.1, -0.05) is 68.5 Å². The standard InChI is InChI=1S/C30H28N2O4S/c1-17-16-20(36-5)14-15-21(17)26(33)24-25(18-10-12-19(13-11-18)30(2,3)4)32(28(35)27(24)34)29-31-22-8-6-7-9-23(22)37-29/h6-16,25,33H,1-5H3/b26-24+. The minimum atomic E-state index is -0.823. The average Bonchev–Trinajstić information content (AvgIpc) is 3.41. The number of rotatable bonds is 4. The highest BCUT2D eigenvalue weighted by atomic mass is 32.1. The monoisotopic (exact) mass is 512 g/mol. The number of nitrogens with zero attached hydrogens (tertiary/aromatic N) is 2. The van der Waals surface area contributed by atoms with Gasteiger partial charge in [0.25, 0.3) is 5.78 Å². The molecule has 0 spiro atoms. The normalized spacial score (nSPS) is 17.5. The second kappa shape index (κ2) is 9.16. The van der Waals surface area contributed by atoms with Crippen LogP contribution in [0.4, 0.5) is 5.13 Å². The number of anilines is 1. The van der Waals surface area contributed by atoms with Gasteiger partial charge in [-0.2, -0.15) is 0 Å². The fourth-order valence-electron chi connectivity index (χ4n) is 4.65. The van der Waals surface area contributed by atoms with Gasteiger partial charge in [-0.3, -0.25) is 14.5 Å². The summed E-state index contributed by atoms with van der Waals surface area (Å²) in [6, 6.07) is 19.8. The lowest BCUT2D eigenvalue weighted by molar-refractivity contribution is -0.132. The summed E-state index contributed by atoms with van der Waals surface area (Å²) in [5.74, 6) is -1.03. The highest BCUT2D eigenvalue weighted by Crippen LogP contribution is 2.45. The van der Waals surface area contributed by atoms with Crippen LogP contribution in [0.15, 0.2) is 72.3 Å². The third-order valence-corrected chi connectivity index (χ3v) is 7.75. The van der Waals surface area contributed by atoms with Gasteiger partial charge in [0.05, 0.1) is 28.9 Å². The number of para-hydroxylation sites is 1. The molecule has 1 saturated heterocycles. The van der Waals surface area contributed by atoms with Crippen LogP contribution in [-0.4, -0.2) is 28.9 Å². The van der Waals surface area contributed by atoms with E-state index in [1.54, 1.807) is 25.3 Å². The van der Waals surface area contributed by atoms with E-state index < -0.39 is 17.7 Å². The Kier molecular flexibility index (Phi) is 6.12. The molecule has 1 fully saturated rings. The molecule has 7 heteroatoms. The van der Waals surface area contributed by atoms with E-state index in [9.17, 15) is 14.7 Å². The minimum absolute atomic E-state index is 0.0426. The van der Waals surface area contributed by atoms with E-state index in [0.29, 0.717) is 16.4 Å².